The molecule has 0 fully saturated rings. The van der Waals surface area contributed by atoms with E-state index in [-0.39, 0.29) is 5.92 Å². The van der Waals surface area contributed by atoms with Gasteiger partial charge in [0.05, 0.1) is 6.61 Å². The third-order valence-corrected chi connectivity index (χ3v) is 2.53. The number of aliphatic hydroxyl groups is 1. The molecule has 3 heteroatoms. The Balaban J connectivity index is 2.54. The molecule has 0 aromatic heterocycles. The second-order valence-corrected chi connectivity index (χ2v) is 3.82. The molecule has 16 heavy (non-hydrogen) atoms. The minimum atomic E-state index is -1.05. The van der Waals surface area contributed by atoms with Crippen LogP contribution in [0.3, 0.4) is 0 Å². The van der Waals surface area contributed by atoms with Crippen molar-refractivity contribution in [2.45, 2.75) is 32.3 Å². The molecule has 3 nitrogen and oxygen atoms in total. The summed E-state index contributed by atoms with van der Waals surface area (Å²) in [7, 11) is 0. The molecule has 0 radical (unpaired) electrons. The lowest BCUT2D eigenvalue weighted by atomic mass is 9.98. The summed E-state index contributed by atoms with van der Waals surface area (Å²) in [5, 5.41) is 9.00. The molecule has 0 aliphatic rings. The van der Waals surface area contributed by atoms with Crippen LogP contribution < -0.4 is 0 Å². The van der Waals surface area contributed by atoms with Crippen LogP contribution in [0.25, 0.3) is 0 Å². The summed E-state index contributed by atoms with van der Waals surface area (Å²) in [6.45, 7) is 3.78. The van der Waals surface area contributed by atoms with E-state index in [0.29, 0.717) is 6.61 Å². The molecule has 2 atom stereocenters. The fourth-order valence-corrected chi connectivity index (χ4v) is 1.48. The maximum absolute atomic E-state index is 11.1. The zero-order valence-corrected chi connectivity index (χ0v) is 9.72. The second-order valence-electron chi connectivity index (χ2n) is 3.82. The predicted molar refractivity (Wildman–Crippen MR) is 62.1 cm³/mol. The zero-order valence-electron chi connectivity index (χ0n) is 9.72. The minimum Gasteiger partial charge on any atom is -0.463 e. The molecule has 0 aliphatic carbocycles. The van der Waals surface area contributed by atoms with Crippen molar-refractivity contribution in [2.24, 2.45) is 0 Å². The van der Waals surface area contributed by atoms with Crippen molar-refractivity contribution in [3.05, 3.63) is 35.9 Å². The van der Waals surface area contributed by atoms with Crippen molar-refractivity contribution in [3.63, 3.8) is 0 Å². The van der Waals surface area contributed by atoms with Crippen LogP contribution in [0.5, 0.6) is 0 Å². The van der Waals surface area contributed by atoms with E-state index < -0.39 is 12.1 Å². The molecule has 0 heterocycles. The van der Waals surface area contributed by atoms with Gasteiger partial charge in [0, 0.05) is 5.92 Å². The van der Waals surface area contributed by atoms with Gasteiger partial charge in [-0.05, 0) is 18.9 Å². The molecule has 0 aliphatic heterocycles. The average Bonchev–Trinajstić information content (AvgIpc) is 2.30. The molecular formula is C13H18O3. The quantitative estimate of drug-likeness (QED) is 0.776. The molecule has 0 bridgehead atoms. The van der Waals surface area contributed by atoms with E-state index in [1.807, 2.05) is 37.3 Å². The van der Waals surface area contributed by atoms with Gasteiger partial charge in [-0.2, -0.15) is 0 Å². The van der Waals surface area contributed by atoms with Gasteiger partial charge in [0.15, 0.2) is 0 Å². The SMILES string of the molecule is CCC(COC(=O)[C@@H](C)O)c1ccccc1. The van der Waals surface area contributed by atoms with Gasteiger partial charge in [0.25, 0.3) is 0 Å². The summed E-state index contributed by atoms with van der Waals surface area (Å²) >= 11 is 0. The molecule has 0 saturated carbocycles. The highest BCUT2D eigenvalue weighted by Gasteiger charge is 2.14. The lowest BCUT2D eigenvalue weighted by Gasteiger charge is -2.16. The Morgan fingerprint density at radius 1 is 1.38 bits per heavy atom. The number of benzene rings is 1. The number of hydrogen-bond donors (Lipinski definition) is 1. The fraction of sp³-hybridized carbons (Fsp3) is 0.462. The van der Waals surface area contributed by atoms with Crippen molar-refractivity contribution in [3.8, 4) is 0 Å². The van der Waals surface area contributed by atoms with Crippen molar-refractivity contribution in [1.82, 2.24) is 0 Å². The Hall–Kier alpha value is -1.35. The highest BCUT2D eigenvalue weighted by Crippen LogP contribution is 2.19. The van der Waals surface area contributed by atoms with Crippen molar-refractivity contribution >= 4 is 5.97 Å². The van der Waals surface area contributed by atoms with Crippen LogP contribution in [-0.2, 0) is 9.53 Å². The van der Waals surface area contributed by atoms with E-state index >= 15 is 0 Å². The van der Waals surface area contributed by atoms with Gasteiger partial charge in [-0.1, -0.05) is 37.3 Å². The van der Waals surface area contributed by atoms with Gasteiger partial charge >= 0.3 is 5.97 Å². The Morgan fingerprint density at radius 2 is 2.00 bits per heavy atom. The average molecular weight is 222 g/mol. The monoisotopic (exact) mass is 222 g/mol. The first-order chi connectivity index (χ1) is 7.65. The molecule has 0 saturated heterocycles. The number of esters is 1. The summed E-state index contributed by atoms with van der Waals surface area (Å²) in [4.78, 5) is 11.1. The predicted octanol–water partition coefficient (Wildman–Crippen LogP) is 2.10. The molecule has 1 rings (SSSR count). The van der Waals surface area contributed by atoms with Crippen molar-refractivity contribution < 1.29 is 14.6 Å². The number of carbonyl (C=O) groups excluding carboxylic acids is 1. The minimum absolute atomic E-state index is 0.198. The third-order valence-electron chi connectivity index (χ3n) is 2.53. The summed E-state index contributed by atoms with van der Waals surface area (Å²) < 4.78 is 5.02. The number of hydrogen-bond acceptors (Lipinski definition) is 3. The van der Waals surface area contributed by atoms with Gasteiger partial charge in [0.1, 0.15) is 6.10 Å². The molecule has 0 spiro atoms. The van der Waals surface area contributed by atoms with Gasteiger partial charge in [0.2, 0.25) is 0 Å². The summed E-state index contributed by atoms with van der Waals surface area (Å²) in [5.41, 5.74) is 1.16. The normalized spacial score (nSPS) is 14.2. The topological polar surface area (TPSA) is 46.5 Å². The highest BCUT2D eigenvalue weighted by atomic mass is 16.5. The summed E-state index contributed by atoms with van der Waals surface area (Å²) in [5.74, 6) is -0.363. The lowest BCUT2D eigenvalue weighted by Crippen LogP contribution is -2.22. The van der Waals surface area contributed by atoms with Crippen LogP contribution >= 0.6 is 0 Å². The van der Waals surface area contributed by atoms with Crippen molar-refractivity contribution in [2.75, 3.05) is 6.61 Å². The number of carbonyl (C=O) groups is 1. The van der Waals surface area contributed by atoms with Gasteiger partial charge in [-0.15, -0.1) is 0 Å². The molecule has 1 N–H and O–H groups in total. The smallest absolute Gasteiger partial charge is 0.334 e. The van der Waals surface area contributed by atoms with E-state index in [1.54, 1.807) is 0 Å². The van der Waals surface area contributed by atoms with E-state index in [0.717, 1.165) is 12.0 Å². The Bertz CT molecular complexity index is 319. The summed E-state index contributed by atoms with van der Waals surface area (Å²) in [6, 6.07) is 9.93. The number of aliphatic hydroxyl groups excluding tert-OH is 1. The maximum atomic E-state index is 11.1. The largest absolute Gasteiger partial charge is 0.463 e. The fourth-order valence-electron chi connectivity index (χ4n) is 1.48. The van der Waals surface area contributed by atoms with Crippen molar-refractivity contribution in [1.29, 1.82) is 0 Å². The van der Waals surface area contributed by atoms with E-state index in [4.69, 9.17) is 9.84 Å². The lowest BCUT2D eigenvalue weighted by molar-refractivity contribution is -0.153. The van der Waals surface area contributed by atoms with Gasteiger partial charge in [-0.3, -0.25) is 0 Å². The van der Waals surface area contributed by atoms with Crippen LogP contribution in [0.15, 0.2) is 30.3 Å². The Morgan fingerprint density at radius 3 is 2.50 bits per heavy atom. The Kier molecular flexibility index (Phi) is 4.99. The highest BCUT2D eigenvalue weighted by molar-refractivity contribution is 5.73. The molecule has 0 amide bonds. The number of ether oxygens (including phenoxy) is 1. The molecule has 1 aromatic carbocycles. The van der Waals surface area contributed by atoms with E-state index in [9.17, 15) is 4.79 Å². The third kappa shape index (κ3) is 3.66. The standard InChI is InChI=1S/C13H18O3/c1-3-11(9-16-13(15)10(2)14)12-7-5-4-6-8-12/h4-8,10-11,14H,3,9H2,1-2H3/t10-,11?/m1/s1. The zero-order chi connectivity index (χ0) is 12.0. The van der Waals surface area contributed by atoms with Gasteiger partial charge < -0.3 is 9.84 Å². The van der Waals surface area contributed by atoms with Crippen LogP contribution in [0.1, 0.15) is 31.7 Å². The molecule has 1 unspecified atom stereocenters. The van der Waals surface area contributed by atoms with Crippen LogP contribution in [0.2, 0.25) is 0 Å². The first kappa shape index (κ1) is 12.7. The van der Waals surface area contributed by atoms with Gasteiger partial charge in [-0.25, -0.2) is 4.79 Å². The van der Waals surface area contributed by atoms with E-state index in [2.05, 4.69) is 0 Å². The van der Waals surface area contributed by atoms with E-state index in [1.165, 1.54) is 6.92 Å². The maximum Gasteiger partial charge on any atom is 0.334 e. The molecule has 88 valence electrons. The van der Waals surface area contributed by atoms with Crippen LogP contribution in [0.4, 0.5) is 0 Å². The number of rotatable bonds is 5. The van der Waals surface area contributed by atoms with Crippen LogP contribution in [-0.4, -0.2) is 23.8 Å². The second kappa shape index (κ2) is 6.28. The van der Waals surface area contributed by atoms with Crippen LogP contribution in [0, 0.1) is 0 Å². The summed E-state index contributed by atoms with van der Waals surface area (Å²) in [6.07, 6.45) is -0.148. The molecule has 1 aromatic rings. The first-order valence-corrected chi connectivity index (χ1v) is 5.54. The first-order valence-electron chi connectivity index (χ1n) is 5.54. The molecular weight excluding hydrogens is 204 g/mol. The Labute approximate surface area is 96.1 Å².